The van der Waals surface area contributed by atoms with Gasteiger partial charge in [0.1, 0.15) is 5.75 Å². The number of carbonyl (C=O) groups excluding carboxylic acids is 1. The van der Waals surface area contributed by atoms with Gasteiger partial charge >= 0.3 is 0 Å². The number of amides is 1. The van der Waals surface area contributed by atoms with E-state index in [1.54, 1.807) is 62.4 Å². The van der Waals surface area contributed by atoms with Crippen LogP contribution in [0.3, 0.4) is 0 Å². The van der Waals surface area contributed by atoms with Crippen molar-refractivity contribution in [2.24, 2.45) is 0 Å². The fourth-order valence-corrected chi connectivity index (χ4v) is 2.61. The molecule has 1 amide bonds. The molecule has 0 aliphatic carbocycles. The van der Waals surface area contributed by atoms with E-state index in [-0.39, 0.29) is 5.91 Å². The van der Waals surface area contributed by atoms with Crippen LogP contribution in [0.15, 0.2) is 53.1 Å². The van der Waals surface area contributed by atoms with Crippen LogP contribution < -0.4 is 10.1 Å². The average molecular weight is 406 g/mol. The molecule has 140 valence electrons. The molecule has 8 heteroatoms. The maximum atomic E-state index is 12.4. The molecule has 0 radical (unpaired) electrons. The Labute approximate surface area is 166 Å². The van der Waals surface area contributed by atoms with Crippen molar-refractivity contribution in [3.05, 3.63) is 64.4 Å². The smallest absolute Gasteiger partial charge is 0.261 e. The SMILES string of the molecule is C[C@H](NC(=O)[C@@H](C)Oc1ccccc1Cl)c1noc(-c2ccc(Cl)cc2)n1. The molecule has 2 atom stereocenters. The quantitative estimate of drug-likeness (QED) is 0.643. The van der Waals surface area contributed by atoms with Gasteiger partial charge in [0.05, 0.1) is 11.1 Å². The van der Waals surface area contributed by atoms with Crippen molar-refractivity contribution >= 4 is 29.1 Å². The summed E-state index contributed by atoms with van der Waals surface area (Å²) in [4.78, 5) is 16.7. The van der Waals surface area contributed by atoms with Crippen LogP contribution in [0.4, 0.5) is 0 Å². The van der Waals surface area contributed by atoms with Crippen LogP contribution >= 0.6 is 23.2 Å². The first kappa shape index (κ1) is 19.2. The van der Waals surface area contributed by atoms with Crippen molar-refractivity contribution in [1.29, 1.82) is 0 Å². The first-order chi connectivity index (χ1) is 12.9. The number of carbonyl (C=O) groups is 1. The summed E-state index contributed by atoms with van der Waals surface area (Å²) in [5.74, 6) is 0.834. The Bertz CT molecular complexity index is 928. The van der Waals surface area contributed by atoms with E-state index in [9.17, 15) is 4.79 Å². The minimum absolute atomic E-state index is 0.319. The van der Waals surface area contributed by atoms with Crippen LogP contribution in [0.5, 0.6) is 5.75 Å². The van der Waals surface area contributed by atoms with Gasteiger partial charge in [-0.1, -0.05) is 40.5 Å². The summed E-state index contributed by atoms with van der Waals surface area (Å²) in [6, 6.07) is 13.5. The highest BCUT2D eigenvalue weighted by atomic mass is 35.5. The Balaban J connectivity index is 1.63. The number of nitrogens with one attached hydrogen (secondary N) is 1. The summed E-state index contributed by atoms with van der Waals surface area (Å²) in [7, 11) is 0. The molecule has 27 heavy (non-hydrogen) atoms. The maximum Gasteiger partial charge on any atom is 0.261 e. The van der Waals surface area contributed by atoms with Gasteiger partial charge in [-0.25, -0.2) is 0 Å². The summed E-state index contributed by atoms with van der Waals surface area (Å²) in [6.45, 7) is 3.40. The molecule has 0 bridgehead atoms. The Hall–Kier alpha value is -2.57. The van der Waals surface area contributed by atoms with Crippen molar-refractivity contribution < 1.29 is 14.1 Å². The number of rotatable bonds is 6. The highest BCUT2D eigenvalue weighted by molar-refractivity contribution is 6.32. The topological polar surface area (TPSA) is 77.2 Å². The lowest BCUT2D eigenvalue weighted by molar-refractivity contribution is -0.128. The summed E-state index contributed by atoms with van der Waals surface area (Å²) in [5.41, 5.74) is 0.743. The molecule has 0 spiro atoms. The first-order valence-corrected chi connectivity index (χ1v) is 9.00. The van der Waals surface area contributed by atoms with Gasteiger partial charge < -0.3 is 14.6 Å². The Morgan fingerprint density at radius 2 is 1.81 bits per heavy atom. The number of para-hydroxylation sites is 1. The second-order valence-electron chi connectivity index (χ2n) is 5.89. The van der Waals surface area contributed by atoms with Gasteiger partial charge in [-0.3, -0.25) is 4.79 Å². The van der Waals surface area contributed by atoms with Crippen molar-refractivity contribution in [1.82, 2.24) is 15.5 Å². The molecule has 0 aliphatic rings. The van der Waals surface area contributed by atoms with Gasteiger partial charge in [0.25, 0.3) is 11.8 Å². The molecular formula is C19H17Cl2N3O3. The summed E-state index contributed by atoms with van der Waals surface area (Å²) >= 11 is 11.9. The zero-order valence-corrected chi connectivity index (χ0v) is 16.2. The van der Waals surface area contributed by atoms with Gasteiger partial charge in [0.2, 0.25) is 0 Å². The highest BCUT2D eigenvalue weighted by Gasteiger charge is 2.21. The molecule has 1 N–H and O–H groups in total. The van der Waals surface area contributed by atoms with Crippen LogP contribution in [0, 0.1) is 0 Å². The molecular weight excluding hydrogens is 389 g/mol. The predicted molar refractivity (Wildman–Crippen MR) is 103 cm³/mol. The standard InChI is InChI=1S/C19H17Cl2N3O3/c1-11(17-23-19(27-24-17)13-7-9-14(20)10-8-13)22-18(25)12(2)26-16-6-4-3-5-15(16)21/h3-12H,1-2H3,(H,22,25)/t11-,12+/m0/s1. The Morgan fingerprint density at radius 1 is 1.11 bits per heavy atom. The van der Waals surface area contributed by atoms with E-state index in [4.69, 9.17) is 32.5 Å². The normalized spacial score (nSPS) is 13.0. The molecule has 0 saturated carbocycles. The zero-order valence-electron chi connectivity index (χ0n) is 14.6. The second kappa shape index (κ2) is 8.41. The third-order valence-electron chi connectivity index (χ3n) is 3.79. The molecule has 2 aromatic carbocycles. The minimum Gasteiger partial charge on any atom is -0.479 e. The van der Waals surface area contributed by atoms with Crippen molar-refractivity contribution in [3.63, 3.8) is 0 Å². The number of halogens is 2. The van der Waals surface area contributed by atoms with E-state index in [0.29, 0.717) is 27.5 Å². The van der Waals surface area contributed by atoms with Gasteiger partial charge in [0.15, 0.2) is 11.9 Å². The number of hydrogen-bond acceptors (Lipinski definition) is 5. The van der Waals surface area contributed by atoms with Crippen LogP contribution in [-0.4, -0.2) is 22.2 Å². The molecule has 1 heterocycles. The predicted octanol–water partition coefficient (Wildman–Crippen LogP) is 4.69. The first-order valence-electron chi connectivity index (χ1n) is 8.25. The van der Waals surface area contributed by atoms with Crippen LogP contribution in [0.1, 0.15) is 25.7 Å². The molecule has 0 fully saturated rings. The van der Waals surface area contributed by atoms with E-state index >= 15 is 0 Å². The lowest BCUT2D eigenvalue weighted by Gasteiger charge is -2.17. The summed E-state index contributed by atoms with van der Waals surface area (Å²) < 4.78 is 10.9. The second-order valence-corrected chi connectivity index (χ2v) is 6.73. The van der Waals surface area contributed by atoms with Gasteiger partial charge in [-0.2, -0.15) is 4.98 Å². The minimum atomic E-state index is -0.741. The van der Waals surface area contributed by atoms with Crippen LogP contribution in [0.2, 0.25) is 10.0 Å². The van der Waals surface area contributed by atoms with E-state index in [0.717, 1.165) is 5.56 Å². The lowest BCUT2D eigenvalue weighted by atomic mass is 10.2. The largest absolute Gasteiger partial charge is 0.479 e. The van der Waals surface area contributed by atoms with Crippen molar-refractivity contribution in [2.75, 3.05) is 0 Å². The highest BCUT2D eigenvalue weighted by Crippen LogP contribution is 2.25. The van der Waals surface area contributed by atoms with Gasteiger partial charge in [-0.05, 0) is 50.2 Å². The molecule has 3 rings (SSSR count). The molecule has 6 nitrogen and oxygen atoms in total. The number of hydrogen-bond donors (Lipinski definition) is 1. The Morgan fingerprint density at radius 3 is 2.52 bits per heavy atom. The van der Waals surface area contributed by atoms with Crippen LogP contribution in [-0.2, 0) is 4.79 Å². The zero-order chi connectivity index (χ0) is 19.4. The summed E-state index contributed by atoms with van der Waals surface area (Å²) in [5, 5.41) is 7.78. The van der Waals surface area contributed by atoms with E-state index < -0.39 is 12.1 Å². The van der Waals surface area contributed by atoms with Gasteiger partial charge in [-0.15, -0.1) is 0 Å². The van der Waals surface area contributed by atoms with Crippen LogP contribution in [0.25, 0.3) is 11.5 Å². The third kappa shape index (κ3) is 4.78. The number of benzene rings is 2. The van der Waals surface area contributed by atoms with Gasteiger partial charge in [0, 0.05) is 10.6 Å². The molecule has 0 saturated heterocycles. The fraction of sp³-hybridized carbons (Fsp3) is 0.211. The molecule has 3 aromatic rings. The third-order valence-corrected chi connectivity index (χ3v) is 4.35. The van der Waals surface area contributed by atoms with Crippen molar-refractivity contribution in [3.8, 4) is 17.2 Å². The monoisotopic (exact) mass is 405 g/mol. The lowest BCUT2D eigenvalue weighted by Crippen LogP contribution is -2.38. The number of ether oxygens (including phenoxy) is 1. The van der Waals surface area contributed by atoms with E-state index in [1.165, 1.54) is 0 Å². The number of nitrogens with zero attached hydrogens (tertiary/aromatic N) is 2. The maximum absolute atomic E-state index is 12.4. The summed E-state index contributed by atoms with van der Waals surface area (Å²) in [6.07, 6.45) is -0.741. The molecule has 0 aliphatic heterocycles. The Kier molecular flexibility index (Phi) is 5.98. The van der Waals surface area contributed by atoms with Crippen molar-refractivity contribution in [2.45, 2.75) is 26.0 Å². The number of aromatic nitrogens is 2. The average Bonchev–Trinajstić information content (AvgIpc) is 3.14. The molecule has 1 aromatic heterocycles. The van der Waals surface area contributed by atoms with E-state index in [2.05, 4.69) is 15.5 Å². The fourth-order valence-electron chi connectivity index (χ4n) is 2.30. The molecule has 0 unspecified atom stereocenters. The van der Waals surface area contributed by atoms with E-state index in [1.807, 2.05) is 0 Å².